The predicted octanol–water partition coefficient (Wildman–Crippen LogP) is 2.47. The number of guanidine groups is 1. The number of alkyl halides is 3. The number of aliphatic imine (C=N–C) groups is 2. The van der Waals surface area contributed by atoms with Crippen molar-refractivity contribution in [3.63, 3.8) is 0 Å². The van der Waals surface area contributed by atoms with Crippen molar-refractivity contribution in [1.82, 2.24) is 15.3 Å². The lowest BCUT2D eigenvalue weighted by Gasteiger charge is -2.12. The number of hydrogen-bond acceptors (Lipinski definition) is 7. The normalized spacial score (nSPS) is 12.5. The lowest BCUT2D eigenvalue weighted by molar-refractivity contribution is -0.133. The predicted molar refractivity (Wildman–Crippen MR) is 122 cm³/mol. The summed E-state index contributed by atoms with van der Waals surface area (Å²) in [5.74, 6) is -0.204. The van der Waals surface area contributed by atoms with Crippen LogP contribution < -0.4 is 16.4 Å². The van der Waals surface area contributed by atoms with E-state index in [9.17, 15) is 22.8 Å². The summed E-state index contributed by atoms with van der Waals surface area (Å²) in [4.78, 5) is 37.8. The largest absolute Gasteiger partial charge is 0.408 e. The molecule has 1 aromatic heterocycles. The molecule has 10 nitrogen and oxygen atoms in total. The number of halogens is 3. The first-order valence-corrected chi connectivity index (χ1v) is 10.7. The van der Waals surface area contributed by atoms with Gasteiger partial charge in [0.15, 0.2) is 5.96 Å². The lowest BCUT2D eigenvalue weighted by atomic mass is 10.2. The van der Waals surface area contributed by atoms with Crippen LogP contribution in [-0.4, -0.2) is 53.4 Å². The molecule has 0 spiro atoms. The Bertz CT molecular complexity index is 1010. The van der Waals surface area contributed by atoms with Crippen molar-refractivity contribution < 1.29 is 27.5 Å². The summed E-state index contributed by atoms with van der Waals surface area (Å²) in [7, 11) is 0. The number of nitrogens with zero attached hydrogens (tertiary/aromatic N) is 4. The van der Waals surface area contributed by atoms with Gasteiger partial charge in [0, 0.05) is 19.2 Å². The van der Waals surface area contributed by atoms with E-state index in [1.165, 1.54) is 18.3 Å². The zero-order valence-electron chi connectivity index (χ0n) is 18.8. The highest BCUT2D eigenvalue weighted by molar-refractivity contribution is 5.91. The molecule has 35 heavy (non-hydrogen) atoms. The van der Waals surface area contributed by atoms with Gasteiger partial charge >= 0.3 is 6.18 Å². The Labute approximate surface area is 199 Å². The summed E-state index contributed by atoms with van der Waals surface area (Å²) in [6.45, 7) is -0.910. The van der Waals surface area contributed by atoms with Gasteiger partial charge in [0.05, 0.1) is 6.61 Å². The molecule has 2 rings (SSSR count). The molecule has 0 bridgehead atoms. The van der Waals surface area contributed by atoms with Crippen molar-refractivity contribution in [1.29, 1.82) is 0 Å². The van der Waals surface area contributed by atoms with Crippen molar-refractivity contribution in [2.75, 3.05) is 18.4 Å². The van der Waals surface area contributed by atoms with Crippen LogP contribution >= 0.6 is 0 Å². The second kappa shape index (κ2) is 14.4. The summed E-state index contributed by atoms with van der Waals surface area (Å²) < 4.78 is 42.0. The van der Waals surface area contributed by atoms with Gasteiger partial charge in [-0.25, -0.2) is 19.8 Å². The first-order valence-electron chi connectivity index (χ1n) is 10.7. The molecule has 0 aliphatic rings. The Morgan fingerprint density at radius 2 is 1.94 bits per heavy atom. The molecular weight excluding hydrogens is 467 g/mol. The zero-order chi connectivity index (χ0) is 25.5. The molecule has 13 heteroatoms. The van der Waals surface area contributed by atoms with Gasteiger partial charge in [-0.2, -0.15) is 18.2 Å². The highest BCUT2D eigenvalue weighted by Gasteiger charge is 2.26. The third kappa shape index (κ3) is 11.7. The number of nitrogens with one attached hydrogen (secondary N) is 2. The Morgan fingerprint density at radius 3 is 2.66 bits per heavy atom. The minimum absolute atomic E-state index is 0.123. The summed E-state index contributed by atoms with van der Waals surface area (Å²) in [5.41, 5.74) is 6.28. The fourth-order valence-corrected chi connectivity index (χ4v) is 2.79. The monoisotopic (exact) mass is 493 g/mol. The number of aryl methyl sites for hydroxylation is 1. The molecule has 1 heterocycles. The highest BCUT2D eigenvalue weighted by Crippen LogP contribution is 2.14. The van der Waals surface area contributed by atoms with E-state index in [4.69, 9.17) is 10.5 Å². The molecule has 0 aliphatic heterocycles. The molecule has 0 radical (unpaired) electrons. The minimum Gasteiger partial charge on any atom is -0.370 e. The number of anilines is 1. The second-order valence-corrected chi connectivity index (χ2v) is 7.27. The van der Waals surface area contributed by atoms with Crippen molar-refractivity contribution in [3.05, 3.63) is 54.0 Å². The molecule has 0 saturated heterocycles. The van der Waals surface area contributed by atoms with Gasteiger partial charge < -0.3 is 21.1 Å². The molecule has 1 atom stereocenters. The van der Waals surface area contributed by atoms with E-state index in [0.717, 1.165) is 12.0 Å². The topological polar surface area (TPSA) is 144 Å². The maximum atomic E-state index is 12.2. The number of benzene rings is 1. The van der Waals surface area contributed by atoms with E-state index in [0.29, 0.717) is 31.6 Å². The summed E-state index contributed by atoms with van der Waals surface area (Å²) >= 11 is 0. The number of carbonyl (C=O) groups is 1. The Kier molecular flexibility index (Phi) is 11.3. The van der Waals surface area contributed by atoms with E-state index in [1.54, 1.807) is 0 Å². The van der Waals surface area contributed by atoms with Gasteiger partial charge in [0.1, 0.15) is 18.2 Å². The van der Waals surface area contributed by atoms with Gasteiger partial charge in [0.25, 0.3) is 5.91 Å². The van der Waals surface area contributed by atoms with E-state index in [1.807, 2.05) is 30.3 Å². The lowest BCUT2D eigenvalue weighted by Crippen LogP contribution is -2.35. The molecule has 2 aromatic rings. The average molecular weight is 493 g/mol. The molecule has 1 aromatic carbocycles. The fraction of sp³-hybridized carbons (Fsp3) is 0.409. The van der Waals surface area contributed by atoms with Gasteiger partial charge in [-0.05, 0) is 24.5 Å². The Morgan fingerprint density at radius 1 is 1.17 bits per heavy atom. The number of aromatic nitrogens is 2. The Balaban J connectivity index is 1.68. The van der Waals surface area contributed by atoms with Gasteiger partial charge in [-0.3, -0.25) is 4.79 Å². The van der Waals surface area contributed by atoms with Crippen LogP contribution in [0.2, 0.25) is 0 Å². The summed E-state index contributed by atoms with van der Waals surface area (Å²) in [6, 6.07) is 10.6. The quantitative estimate of drug-likeness (QED) is 0.168. The molecular formula is C22H26F3N7O3. The first-order chi connectivity index (χ1) is 16.8. The third-order valence-corrected chi connectivity index (χ3v) is 4.41. The number of isocyanates is 1. The van der Waals surface area contributed by atoms with Crippen molar-refractivity contribution in [2.24, 2.45) is 15.7 Å². The number of amides is 1. The third-order valence-electron chi connectivity index (χ3n) is 4.41. The standard InChI is InChI=1S/C22H26F3N7O3/c23-22(24,25)14-29-21(26)32-18-10-12-27-17(31-18)9-5-2-6-11-28-19(34)20(30-15-33)35-13-16-7-3-1-4-8-16/h1,3-4,7-8,10,12,20H,2,5-6,9,11,13-14H2,(H,28,34)(H3,26,27,29,31,32). The van der Waals surface area contributed by atoms with E-state index < -0.39 is 30.8 Å². The number of hydrogen-bond donors (Lipinski definition) is 3. The number of nitrogens with two attached hydrogens (primary N) is 1. The van der Waals surface area contributed by atoms with Gasteiger partial charge in [-0.15, -0.1) is 0 Å². The highest BCUT2D eigenvalue weighted by atomic mass is 19.4. The van der Waals surface area contributed by atoms with Crippen LogP contribution in [0.3, 0.4) is 0 Å². The molecule has 1 amide bonds. The number of rotatable bonds is 13. The van der Waals surface area contributed by atoms with Crippen molar-refractivity contribution >= 4 is 23.8 Å². The molecule has 0 saturated carbocycles. The average Bonchev–Trinajstić information content (AvgIpc) is 2.83. The summed E-state index contributed by atoms with van der Waals surface area (Å²) in [6.07, 6.45) is -0.297. The zero-order valence-corrected chi connectivity index (χ0v) is 18.8. The second-order valence-electron chi connectivity index (χ2n) is 7.27. The number of carbonyl (C=O) groups excluding carboxylic acids is 2. The maximum Gasteiger partial charge on any atom is 0.408 e. The molecule has 0 aliphatic carbocycles. The van der Waals surface area contributed by atoms with E-state index >= 15 is 0 Å². The molecule has 4 N–H and O–H groups in total. The van der Waals surface area contributed by atoms with Crippen molar-refractivity contribution in [3.8, 4) is 0 Å². The van der Waals surface area contributed by atoms with E-state index in [2.05, 4.69) is 30.6 Å². The van der Waals surface area contributed by atoms with Gasteiger partial charge in [0.2, 0.25) is 12.3 Å². The maximum absolute atomic E-state index is 12.2. The van der Waals surface area contributed by atoms with Crippen LogP contribution in [0.5, 0.6) is 0 Å². The van der Waals surface area contributed by atoms with Crippen LogP contribution in [0, 0.1) is 0 Å². The van der Waals surface area contributed by atoms with Crippen LogP contribution in [0.4, 0.5) is 19.0 Å². The van der Waals surface area contributed by atoms with Crippen LogP contribution in [0.25, 0.3) is 0 Å². The SMILES string of the molecule is NC(=NCC(F)(F)F)Nc1ccnc(CCCCCNC(=O)C(N=C=O)OCc2ccccc2)n1. The fourth-order valence-electron chi connectivity index (χ4n) is 2.79. The van der Waals surface area contributed by atoms with Crippen LogP contribution in [0.1, 0.15) is 30.7 Å². The number of ether oxygens (including phenoxy) is 1. The van der Waals surface area contributed by atoms with Gasteiger partial charge in [-0.1, -0.05) is 36.8 Å². The van der Waals surface area contributed by atoms with Crippen LogP contribution in [0.15, 0.2) is 52.6 Å². The minimum atomic E-state index is -4.44. The van der Waals surface area contributed by atoms with Crippen molar-refractivity contribution in [2.45, 2.75) is 44.7 Å². The van der Waals surface area contributed by atoms with Crippen LogP contribution in [-0.2, 0) is 27.4 Å². The number of unbranched alkanes of at least 4 members (excludes halogenated alkanes) is 2. The van der Waals surface area contributed by atoms with E-state index in [-0.39, 0.29) is 12.4 Å². The molecule has 188 valence electrons. The first kappa shape index (κ1) is 27.4. The smallest absolute Gasteiger partial charge is 0.370 e. The molecule has 1 unspecified atom stereocenters. The Hall–Kier alpha value is -3.83. The summed E-state index contributed by atoms with van der Waals surface area (Å²) in [5, 5.41) is 5.17. The molecule has 0 fully saturated rings.